The van der Waals surface area contributed by atoms with E-state index in [4.69, 9.17) is 19.2 Å². The summed E-state index contributed by atoms with van der Waals surface area (Å²) < 4.78 is 8.88. The van der Waals surface area contributed by atoms with Crippen LogP contribution in [-0.2, 0) is 4.57 Å². The van der Waals surface area contributed by atoms with Crippen molar-refractivity contribution >= 4 is 83.3 Å². The van der Waals surface area contributed by atoms with E-state index >= 15 is 0 Å². The molecule has 9 N–H and O–H groups in total. The van der Waals surface area contributed by atoms with Gasteiger partial charge in [0.1, 0.15) is 0 Å². The van der Waals surface area contributed by atoms with Crippen LogP contribution in [0.3, 0.4) is 0 Å². The number of phosphoric acid groups is 1. The summed E-state index contributed by atoms with van der Waals surface area (Å²) in [6.45, 7) is 0. The summed E-state index contributed by atoms with van der Waals surface area (Å²) in [4.78, 5) is 21.6. The SMILES string of the molecule is O.O.O.O=P(O)(O)O.[CaH2].[CaH2]. The van der Waals surface area contributed by atoms with E-state index in [1.54, 1.807) is 0 Å². The Kier molecular flexibility index (Phi) is 68.7. The molecule has 0 fully saturated rings. The number of hydrogen-bond acceptors (Lipinski definition) is 1. The average molecular weight is 236 g/mol. The zero-order valence-corrected chi connectivity index (χ0v) is 4.59. The van der Waals surface area contributed by atoms with Gasteiger partial charge < -0.3 is 31.1 Å². The van der Waals surface area contributed by atoms with Crippen LogP contribution in [0.4, 0.5) is 0 Å². The van der Waals surface area contributed by atoms with Crippen molar-refractivity contribution in [2.75, 3.05) is 0 Å². The Bertz CT molecular complexity index is 57.7. The molecular formula is H13Ca2O7P. The van der Waals surface area contributed by atoms with Crippen LogP contribution in [0.1, 0.15) is 0 Å². The van der Waals surface area contributed by atoms with Crippen molar-refractivity contribution in [1.29, 1.82) is 0 Å². The summed E-state index contributed by atoms with van der Waals surface area (Å²) in [5.74, 6) is 0. The molecule has 0 radical (unpaired) electrons. The van der Waals surface area contributed by atoms with Crippen molar-refractivity contribution in [3.63, 3.8) is 0 Å². The fourth-order valence-electron chi connectivity index (χ4n) is 0. The van der Waals surface area contributed by atoms with Crippen LogP contribution in [0.15, 0.2) is 0 Å². The summed E-state index contributed by atoms with van der Waals surface area (Å²) in [5, 5.41) is 0. The minimum atomic E-state index is -4.64. The van der Waals surface area contributed by atoms with Gasteiger partial charge in [0.25, 0.3) is 0 Å². The van der Waals surface area contributed by atoms with Crippen LogP contribution in [0.2, 0.25) is 0 Å². The van der Waals surface area contributed by atoms with Crippen molar-refractivity contribution in [3.8, 4) is 0 Å². The van der Waals surface area contributed by atoms with E-state index in [9.17, 15) is 0 Å². The van der Waals surface area contributed by atoms with Gasteiger partial charge in [-0.3, -0.25) is 0 Å². The van der Waals surface area contributed by atoms with Gasteiger partial charge in [0, 0.05) is 0 Å². The molecule has 0 unspecified atom stereocenters. The first-order valence-electron chi connectivity index (χ1n) is 0.783. The third kappa shape index (κ3) is 151. The summed E-state index contributed by atoms with van der Waals surface area (Å²) in [6, 6.07) is 0. The predicted octanol–water partition coefficient (Wildman–Crippen LogP) is -5.24. The third-order valence-electron chi connectivity index (χ3n) is 0. The van der Waals surface area contributed by atoms with Crippen LogP contribution in [0.25, 0.3) is 0 Å². The molecule has 7 nitrogen and oxygen atoms in total. The van der Waals surface area contributed by atoms with Crippen molar-refractivity contribution < 1.29 is 35.7 Å². The molecule has 64 valence electrons. The zero-order chi connectivity index (χ0) is 4.50. The molecular weight excluding hydrogens is 223 g/mol. The standard InChI is InChI=1S/2Ca.H3O4P.3H2O.4H/c;;1-5(2,3)4;;;;;;;/h;;(H3,1,2,3,4);3*1H2;;;;. The fourth-order valence-corrected chi connectivity index (χ4v) is 0. The van der Waals surface area contributed by atoms with Crippen LogP contribution < -0.4 is 0 Å². The fraction of sp³-hybridized carbons (Fsp3) is 0. The summed E-state index contributed by atoms with van der Waals surface area (Å²) in [5.41, 5.74) is 0. The van der Waals surface area contributed by atoms with E-state index in [-0.39, 0.29) is 91.9 Å². The van der Waals surface area contributed by atoms with Crippen molar-refractivity contribution in [1.82, 2.24) is 0 Å². The Morgan fingerprint density at radius 1 is 0.800 bits per heavy atom. The van der Waals surface area contributed by atoms with E-state index in [0.29, 0.717) is 0 Å². The molecule has 0 aromatic rings. The van der Waals surface area contributed by atoms with Gasteiger partial charge in [0.2, 0.25) is 0 Å². The Morgan fingerprint density at radius 2 is 0.800 bits per heavy atom. The average Bonchev–Trinajstić information content (AvgIpc) is 0.722. The molecule has 0 aliphatic carbocycles. The van der Waals surface area contributed by atoms with Gasteiger partial charge >= 0.3 is 83.3 Å². The van der Waals surface area contributed by atoms with Crippen molar-refractivity contribution in [2.24, 2.45) is 0 Å². The van der Waals surface area contributed by atoms with Gasteiger partial charge in [-0.25, -0.2) is 4.57 Å². The molecule has 0 bridgehead atoms. The molecule has 0 amide bonds. The Balaban J connectivity index is -0.00000000800. The van der Waals surface area contributed by atoms with Gasteiger partial charge in [-0.1, -0.05) is 0 Å². The zero-order valence-electron chi connectivity index (χ0n) is 3.70. The number of rotatable bonds is 0. The molecule has 0 spiro atoms. The maximum absolute atomic E-state index is 8.88. The van der Waals surface area contributed by atoms with Gasteiger partial charge in [-0.05, 0) is 0 Å². The Hall–Kier alpha value is 2.51. The van der Waals surface area contributed by atoms with Gasteiger partial charge in [0.15, 0.2) is 0 Å². The topological polar surface area (TPSA) is 172 Å². The Labute approximate surface area is 117 Å². The second-order valence-corrected chi connectivity index (χ2v) is 1.54. The molecule has 0 saturated heterocycles. The first kappa shape index (κ1) is 39.1. The Morgan fingerprint density at radius 3 is 0.800 bits per heavy atom. The molecule has 0 heterocycles. The van der Waals surface area contributed by atoms with Crippen LogP contribution in [0.5, 0.6) is 0 Å². The third-order valence-corrected chi connectivity index (χ3v) is 0. The molecule has 0 aromatic carbocycles. The van der Waals surface area contributed by atoms with E-state index in [2.05, 4.69) is 0 Å². The van der Waals surface area contributed by atoms with Crippen molar-refractivity contribution in [2.45, 2.75) is 0 Å². The van der Waals surface area contributed by atoms with Gasteiger partial charge in [0.05, 0.1) is 0 Å². The van der Waals surface area contributed by atoms with Crippen LogP contribution >= 0.6 is 7.82 Å². The molecule has 0 aliphatic rings. The van der Waals surface area contributed by atoms with Gasteiger partial charge in [-0.2, -0.15) is 0 Å². The van der Waals surface area contributed by atoms with E-state index < -0.39 is 7.82 Å². The summed E-state index contributed by atoms with van der Waals surface area (Å²) in [6.07, 6.45) is 0. The van der Waals surface area contributed by atoms with Crippen LogP contribution in [0, 0.1) is 0 Å². The molecule has 0 aromatic heterocycles. The summed E-state index contributed by atoms with van der Waals surface area (Å²) >= 11 is 0. The summed E-state index contributed by atoms with van der Waals surface area (Å²) in [7, 11) is -4.64. The van der Waals surface area contributed by atoms with E-state index in [0.717, 1.165) is 0 Å². The quantitative estimate of drug-likeness (QED) is 0.282. The van der Waals surface area contributed by atoms with Crippen molar-refractivity contribution in [3.05, 3.63) is 0 Å². The maximum atomic E-state index is 8.88. The first-order chi connectivity index (χ1) is 2.00. The monoisotopic (exact) mass is 236 g/mol. The molecule has 0 rings (SSSR count). The second-order valence-electron chi connectivity index (χ2n) is 0.513. The molecule has 10 heavy (non-hydrogen) atoms. The number of hydrogen-bond donors (Lipinski definition) is 3. The molecule has 0 atom stereocenters. The van der Waals surface area contributed by atoms with Crippen LogP contribution in [-0.4, -0.2) is 107 Å². The minimum absolute atomic E-state index is 0. The first-order valence-corrected chi connectivity index (χ1v) is 2.35. The van der Waals surface area contributed by atoms with E-state index in [1.165, 1.54) is 0 Å². The predicted molar refractivity (Wildman–Crippen MR) is 42.2 cm³/mol. The molecule has 0 aliphatic heterocycles. The second kappa shape index (κ2) is 17.6. The van der Waals surface area contributed by atoms with E-state index in [1.807, 2.05) is 0 Å². The molecule has 10 heteroatoms. The van der Waals surface area contributed by atoms with Gasteiger partial charge in [-0.15, -0.1) is 0 Å². The normalized spacial score (nSPS) is 5.90. The molecule has 0 saturated carbocycles.